The number of nitrogens with zero attached hydrogens (tertiary/aromatic N) is 2. The summed E-state index contributed by atoms with van der Waals surface area (Å²) in [6.45, 7) is 2.13. The Kier molecular flexibility index (Phi) is 3.33. The summed E-state index contributed by atoms with van der Waals surface area (Å²) >= 11 is 0. The van der Waals surface area contributed by atoms with Crippen molar-refractivity contribution in [3.8, 4) is 11.3 Å². The van der Waals surface area contributed by atoms with Crippen molar-refractivity contribution in [2.75, 3.05) is 12.4 Å². The van der Waals surface area contributed by atoms with Crippen LogP contribution in [0.2, 0.25) is 0 Å². The van der Waals surface area contributed by atoms with E-state index in [-0.39, 0.29) is 0 Å². The first-order chi connectivity index (χ1) is 9.83. The lowest BCUT2D eigenvalue weighted by Crippen LogP contribution is -2.02. The smallest absolute Gasteiger partial charge is 0.132 e. The van der Waals surface area contributed by atoms with Gasteiger partial charge in [-0.05, 0) is 23.3 Å². The molecule has 0 saturated heterocycles. The third-order valence-corrected chi connectivity index (χ3v) is 3.56. The Hall–Kier alpha value is -2.42. The second-order valence-electron chi connectivity index (χ2n) is 4.71. The standard InChI is InChI=1S/C17H17N3/c1-3-15-16(19-11-20-17(15)18-2)14-9-8-12-6-4-5-7-13(12)10-14/h4-11H,3H2,1-2H3,(H,18,19,20). The van der Waals surface area contributed by atoms with Gasteiger partial charge in [0.1, 0.15) is 12.1 Å². The van der Waals surface area contributed by atoms with Gasteiger partial charge in [0.05, 0.1) is 5.69 Å². The molecule has 1 heterocycles. The summed E-state index contributed by atoms with van der Waals surface area (Å²) in [4.78, 5) is 8.78. The summed E-state index contributed by atoms with van der Waals surface area (Å²) in [6.07, 6.45) is 2.52. The third kappa shape index (κ3) is 2.11. The van der Waals surface area contributed by atoms with Crippen LogP contribution in [0.3, 0.4) is 0 Å². The molecule has 0 saturated carbocycles. The zero-order valence-corrected chi connectivity index (χ0v) is 11.7. The van der Waals surface area contributed by atoms with Gasteiger partial charge in [-0.2, -0.15) is 0 Å². The van der Waals surface area contributed by atoms with Crippen LogP contribution < -0.4 is 5.32 Å². The maximum absolute atomic E-state index is 4.48. The van der Waals surface area contributed by atoms with E-state index < -0.39 is 0 Å². The van der Waals surface area contributed by atoms with E-state index in [1.165, 1.54) is 10.8 Å². The van der Waals surface area contributed by atoms with Crippen LogP contribution in [0.1, 0.15) is 12.5 Å². The van der Waals surface area contributed by atoms with Crippen molar-refractivity contribution in [1.29, 1.82) is 0 Å². The average Bonchev–Trinajstić information content (AvgIpc) is 2.53. The molecular weight excluding hydrogens is 246 g/mol. The van der Waals surface area contributed by atoms with Crippen molar-refractivity contribution < 1.29 is 0 Å². The highest BCUT2D eigenvalue weighted by molar-refractivity contribution is 5.87. The zero-order valence-electron chi connectivity index (χ0n) is 11.7. The van der Waals surface area contributed by atoms with Gasteiger partial charge in [0.2, 0.25) is 0 Å². The fourth-order valence-electron chi connectivity index (χ4n) is 2.55. The number of benzene rings is 2. The number of nitrogens with one attached hydrogen (secondary N) is 1. The largest absolute Gasteiger partial charge is 0.373 e. The fourth-order valence-corrected chi connectivity index (χ4v) is 2.55. The molecule has 0 aliphatic rings. The van der Waals surface area contributed by atoms with Crippen molar-refractivity contribution >= 4 is 16.6 Å². The van der Waals surface area contributed by atoms with Gasteiger partial charge >= 0.3 is 0 Å². The van der Waals surface area contributed by atoms with Gasteiger partial charge in [0.15, 0.2) is 0 Å². The van der Waals surface area contributed by atoms with Gasteiger partial charge in [-0.1, -0.05) is 43.3 Å². The molecule has 100 valence electrons. The lowest BCUT2D eigenvalue weighted by Gasteiger charge is -2.11. The van der Waals surface area contributed by atoms with Crippen molar-refractivity contribution in [2.45, 2.75) is 13.3 Å². The lowest BCUT2D eigenvalue weighted by molar-refractivity contribution is 1.05. The Labute approximate surface area is 118 Å². The second-order valence-corrected chi connectivity index (χ2v) is 4.71. The molecule has 1 aromatic heterocycles. The molecule has 0 fully saturated rings. The van der Waals surface area contributed by atoms with Crippen LogP contribution in [0.15, 0.2) is 48.8 Å². The first kappa shape index (κ1) is 12.6. The van der Waals surface area contributed by atoms with E-state index in [0.29, 0.717) is 0 Å². The maximum atomic E-state index is 4.48. The Morgan fingerprint density at radius 1 is 1.00 bits per heavy atom. The number of rotatable bonds is 3. The molecule has 0 radical (unpaired) electrons. The minimum atomic E-state index is 0.902. The first-order valence-electron chi connectivity index (χ1n) is 6.84. The Bertz CT molecular complexity index is 750. The van der Waals surface area contributed by atoms with Crippen molar-refractivity contribution in [3.63, 3.8) is 0 Å². The summed E-state index contributed by atoms with van der Waals surface area (Å²) in [5.41, 5.74) is 3.31. The SMILES string of the molecule is CCc1c(NC)ncnc1-c1ccc2ccccc2c1. The zero-order chi connectivity index (χ0) is 13.9. The first-order valence-corrected chi connectivity index (χ1v) is 6.84. The summed E-state index contributed by atoms with van der Waals surface area (Å²) in [5, 5.41) is 5.62. The van der Waals surface area contributed by atoms with E-state index in [0.717, 1.165) is 29.1 Å². The third-order valence-electron chi connectivity index (χ3n) is 3.56. The van der Waals surface area contributed by atoms with Gasteiger partial charge in [-0.25, -0.2) is 9.97 Å². The molecule has 1 N–H and O–H groups in total. The van der Waals surface area contributed by atoms with Crippen LogP contribution in [-0.4, -0.2) is 17.0 Å². The van der Waals surface area contributed by atoms with Crippen LogP contribution in [0, 0.1) is 0 Å². The minimum Gasteiger partial charge on any atom is -0.373 e. The predicted octanol–water partition coefficient (Wildman–Crippen LogP) is 3.90. The van der Waals surface area contributed by atoms with Crippen molar-refractivity contribution in [3.05, 3.63) is 54.4 Å². The highest BCUT2D eigenvalue weighted by Gasteiger charge is 2.10. The summed E-state index contributed by atoms with van der Waals surface area (Å²) in [7, 11) is 1.89. The molecule has 0 aliphatic carbocycles. The molecule has 3 aromatic rings. The van der Waals surface area contributed by atoms with Gasteiger partial charge < -0.3 is 5.32 Å². The topological polar surface area (TPSA) is 37.8 Å². The van der Waals surface area contributed by atoms with Crippen molar-refractivity contribution in [1.82, 2.24) is 9.97 Å². The summed E-state index contributed by atoms with van der Waals surface area (Å²) in [6, 6.07) is 14.8. The normalized spacial score (nSPS) is 10.7. The van der Waals surface area contributed by atoms with E-state index in [4.69, 9.17) is 0 Å². The molecule has 0 unspecified atom stereocenters. The maximum Gasteiger partial charge on any atom is 0.132 e. The molecule has 0 aliphatic heterocycles. The molecular formula is C17H17N3. The molecule has 3 nitrogen and oxygen atoms in total. The molecule has 2 aromatic carbocycles. The molecule has 0 bridgehead atoms. The molecule has 0 amide bonds. The minimum absolute atomic E-state index is 0.902. The average molecular weight is 263 g/mol. The van der Waals surface area contributed by atoms with Crippen LogP contribution in [0.25, 0.3) is 22.0 Å². The summed E-state index contributed by atoms with van der Waals surface area (Å²) < 4.78 is 0. The second kappa shape index (κ2) is 5.29. The van der Waals surface area contributed by atoms with E-state index in [2.05, 4.69) is 64.7 Å². The van der Waals surface area contributed by atoms with E-state index >= 15 is 0 Å². The quantitative estimate of drug-likeness (QED) is 0.778. The Morgan fingerprint density at radius 3 is 2.55 bits per heavy atom. The predicted molar refractivity (Wildman–Crippen MR) is 83.9 cm³/mol. The van der Waals surface area contributed by atoms with Crippen LogP contribution >= 0.6 is 0 Å². The van der Waals surface area contributed by atoms with Crippen molar-refractivity contribution in [2.24, 2.45) is 0 Å². The van der Waals surface area contributed by atoms with E-state index in [9.17, 15) is 0 Å². The molecule has 3 heteroatoms. The van der Waals surface area contributed by atoms with E-state index in [1.807, 2.05) is 7.05 Å². The van der Waals surface area contributed by atoms with Gasteiger partial charge in [0.25, 0.3) is 0 Å². The fraction of sp³-hybridized carbons (Fsp3) is 0.176. The lowest BCUT2D eigenvalue weighted by atomic mass is 10.0. The summed E-state index contributed by atoms with van der Waals surface area (Å²) in [5.74, 6) is 0.908. The highest BCUT2D eigenvalue weighted by atomic mass is 15.0. The van der Waals surface area contributed by atoms with Crippen LogP contribution in [0.4, 0.5) is 5.82 Å². The monoisotopic (exact) mass is 263 g/mol. The van der Waals surface area contributed by atoms with Crippen LogP contribution in [0.5, 0.6) is 0 Å². The number of fused-ring (bicyclic) bond motifs is 1. The van der Waals surface area contributed by atoms with Gasteiger partial charge in [-0.3, -0.25) is 0 Å². The molecule has 0 atom stereocenters. The number of anilines is 1. The Morgan fingerprint density at radius 2 is 1.80 bits per heavy atom. The van der Waals surface area contributed by atoms with Gasteiger partial charge in [0, 0.05) is 18.2 Å². The number of aromatic nitrogens is 2. The van der Waals surface area contributed by atoms with Crippen LogP contribution in [-0.2, 0) is 6.42 Å². The highest BCUT2D eigenvalue weighted by Crippen LogP contribution is 2.28. The molecule has 3 rings (SSSR count). The molecule has 0 spiro atoms. The number of hydrogen-bond donors (Lipinski definition) is 1. The van der Waals surface area contributed by atoms with Gasteiger partial charge in [-0.15, -0.1) is 0 Å². The van der Waals surface area contributed by atoms with E-state index in [1.54, 1.807) is 6.33 Å². The Balaban J connectivity index is 2.20. The molecule has 20 heavy (non-hydrogen) atoms. The number of hydrogen-bond acceptors (Lipinski definition) is 3.